The van der Waals surface area contributed by atoms with E-state index in [1.807, 2.05) is 60.7 Å². The van der Waals surface area contributed by atoms with Gasteiger partial charge in [0.15, 0.2) is 17.5 Å². The van der Waals surface area contributed by atoms with Crippen LogP contribution in [0.5, 0.6) is 0 Å². The molecular weight excluding hydrogens is 611 g/mol. The number of fused-ring (bicyclic) bond motifs is 3. The Morgan fingerprint density at radius 2 is 0.796 bits per heavy atom. The Labute approximate surface area is 290 Å². The van der Waals surface area contributed by atoms with Crippen molar-refractivity contribution >= 4 is 13.3 Å². The predicted octanol–water partition coefficient (Wildman–Crippen LogP) is 11.1. The molecule has 0 fully saturated rings. The average Bonchev–Trinajstić information content (AvgIpc) is 3.37. The van der Waals surface area contributed by atoms with Crippen molar-refractivity contribution in [2.75, 3.05) is 0 Å². The maximum absolute atomic E-state index is 5.01. The molecule has 0 saturated carbocycles. The molecule has 0 atom stereocenters. The number of hydrogen-bond acceptors (Lipinski definition) is 3. The third kappa shape index (κ3) is 5.72. The van der Waals surface area contributed by atoms with E-state index in [0.29, 0.717) is 17.5 Å². The fourth-order valence-corrected chi connectivity index (χ4v) is 8.20. The molecule has 6 aromatic carbocycles. The highest BCUT2D eigenvalue weighted by Crippen LogP contribution is 2.50. The minimum absolute atomic E-state index is 0.196. The SMILES string of the molecule is CC1(C)c2cc(-c3cccc(-c4ccc([Si](C)(C)C)cc4)c3)ccc2-c2ccc(-c3nc(-c4ccccc4)nc(-c4ccccc4)n3)cc21. The van der Waals surface area contributed by atoms with Gasteiger partial charge in [-0.25, -0.2) is 15.0 Å². The lowest BCUT2D eigenvalue weighted by molar-refractivity contribution is 0.661. The van der Waals surface area contributed by atoms with Crippen LogP contribution < -0.4 is 5.19 Å². The molecule has 1 aliphatic rings. The highest BCUT2D eigenvalue weighted by molar-refractivity contribution is 6.88. The quantitative estimate of drug-likeness (QED) is 0.168. The first-order valence-corrected chi connectivity index (χ1v) is 20.5. The number of aromatic nitrogens is 3. The zero-order chi connectivity index (χ0) is 33.8. The van der Waals surface area contributed by atoms with Crippen molar-refractivity contribution in [3.63, 3.8) is 0 Å². The van der Waals surface area contributed by atoms with Crippen LogP contribution in [0.1, 0.15) is 25.0 Å². The molecular formula is C45H39N3Si. The van der Waals surface area contributed by atoms with E-state index in [0.717, 1.165) is 16.7 Å². The first-order chi connectivity index (χ1) is 23.6. The van der Waals surface area contributed by atoms with Crippen LogP contribution in [0.15, 0.2) is 146 Å². The van der Waals surface area contributed by atoms with Gasteiger partial charge in [-0.3, -0.25) is 0 Å². The highest BCUT2D eigenvalue weighted by Gasteiger charge is 2.36. The third-order valence-corrected chi connectivity index (χ3v) is 12.0. The Morgan fingerprint density at radius 1 is 0.388 bits per heavy atom. The summed E-state index contributed by atoms with van der Waals surface area (Å²) in [5.41, 5.74) is 12.9. The number of hydrogen-bond donors (Lipinski definition) is 0. The van der Waals surface area contributed by atoms with E-state index in [9.17, 15) is 0 Å². The summed E-state index contributed by atoms with van der Waals surface area (Å²) in [6.07, 6.45) is 0. The first kappa shape index (κ1) is 30.9. The topological polar surface area (TPSA) is 38.7 Å². The van der Waals surface area contributed by atoms with Crippen LogP contribution in [0, 0.1) is 0 Å². The summed E-state index contributed by atoms with van der Waals surface area (Å²) in [6.45, 7) is 11.9. The van der Waals surface area contributed by atoms with Crippen LogP contribution >= 0.6 is 0 Å². The molecule has 0 saturated heterocycles. The van der Waals surface area contributed by atoms with Crippen molar-refractivity contribution in [3.8, 4) is 67.5 Å². The smallest absolute Gasteiger partial charge is 0.164 e. The van der Waals surface area contributed by atoms with Gasteiger partial charge in [-0.15, -0.1) is 0 Å². The lowest BCUT2D eigenvalue weighted by atomic mass is 9.81. The zero-order valence-corrected chi connectivity index (χ0v) is 29.7. The molecule has 8 rings (SSSR count). The molecule has 0 unspecified atom stereocenters. The highest BCUT2D eigenvalue weighted by atomic mass is 28.3. The largest absolute Gasteiger partial charge is 0.208 e. The second kappa shape index (κ2) is 11.9. The van der Waals surface area contributed by atoms with Gasteiger partial charge in [0.1, 0.15) is 0 Å². The molecule has 0 aliphatic heterocycles. The maximum Gasteiger partial charge on any atom is 0.164 e. The average molecular weight is 650 g/mol. The Bertz CT molecular complexity index is 2260. The number of nitrogens with zero attached hydrogens (tertiary/aromatic N) is 3. The van der Waals surface area contributed by atoms with Gasteiger partial charge in [-0.2, -0.15) is 0 Å². The molecule has 0 amide bonds. The third-order valence-electron chi connectivity index (χ3n) is 9.91. The summed E-state index contributed by atoms with van der Waals surface area (Å²) >= 11 is 0. The molecule has 0 radical (unpaired) electrons. The van der Waals surface area contributed by atoms with Gasteiger partial charge in [-0.1, -0.05) is 166 Å². The normalized spacial score (nSPS) is 13.2. The molecule has 0 spiro atoms. The first-order valence-electron chi connectivity index (χ1n) is 17.0. The summed E-state index contributed by atoms with van der Waals surface area (Å²) in [5.74, 6) is 2.02. The van der Waals surface area contributed by atoms with E-state index < -0.39 is 8.07 Å². The molecule has 1 heterocycles. The van der Waals surface area contributed by atoms with Crippen LogP contribution in [0.2, 0.25) is 19.6 Å². The minimum Gasteiger partial charge on any atom is -0.208 e. The zero-order valence-electron chi connectivity index (χ0n) is 28.7. The van der Waals surface area contributed by atoms with Crippen molar-refractivity contribution in [2.24, 2.45) is 0 Å². The lowest BCUT2D eigenvalue weighted by Crippen LogP contribution is -2.37. The number of rotatable bonds is 6. The van der Waals surface area contributed by atoms with Crippen molar-refractivity contribution in [3.05, 3.63) is 157 Å². The van der Waals surface area contributed by atoms with Gasteiger partial charge in [0.25, 0.3) is 0 Å². The van der Waals surface area contributed by atoms with E-state index in [1.165, 1.54) is 49.7 Å². The Morgan fingerprint density at radius 3 is 1.33 bits per heavy atom. The lowest BCUT2D eigenvalue weighted by Gasteiger charge is -2.22. The second-order valence-electron chi connectivity index (χ2n) is 14.6. The van der Waals surface area contributed by atoms with E-state index in [2.05, 4.69) is 118 Å². The Kier molecular flexibility index (Phi) is 7.50. The molecule has 4 heteroatoms. The molecule has 3 nitrogen and oxygen atoms in total. The van der Waals surface area contributed by atoms with Crippen LogP contribution in [0.25, 0.3) is 67.5 Å². The summed E-state index contributed by atoms with van der Waals surface area (Å²) < 4.78 is 0. The second-order valence-corrected chi connectivity index (χ2v) is 19.7. The van der Waals surface area contributed by atoms with E-state index in [1.54, 1.807) is 0 Å². The van der Waals surface area contributed by atoms with Crippen molar-refractivity contribution in [1.82, 2.24) is 15.0 Å². The summed E-state index contributed by atoms with van der Waals surface area (Å²) in [6, 6.07) is 52.1. The van der Waals surface area contributed by atoms with Crippen molar-refractivity contribution in [1.29, 1.82) is 0 Å². The standard InChI is InChI=1S/C45H39N3Si/c1-45(2)40-28-35(34-18-12-17-33(27-34)30-19-23-37(24-20-30)49(3,4)5)21-25-38(40)39-26-22-36(29-41(39)45)44-47-42(31-13-8-6-9-14-31)46-43(48-44)32-15-10-7-11-16-32/h6-29H,1-5H3. The van der Waals surface area contributed by atoms with E-state index in [4.69, 9.17) is 15.0 Å². The van der Waals surface area contributed by atoms with Gasteiger partial charge in [0, 0.05) is 22.1 Å². The fraction of sp³-hybridized carbons (Fsp3) is 0.133. The van der Waals surface area contributed by atoms with Gasteiger partial charge in [0.2, 0.25) is 0 Å². The molecule has 0 bridgehead atoms. The minimum atomic E-state index is -1.34. The maximum atomic E-state index is 5.01. The molecule has 238 valence electrons. The van der Waals surface area contributed by atoms with Crippen LogP contribution in [-0.2, 0) is 5.41 Å². The summed E-state index contributed by atoms with van der Waals surface area (Å²) in [4.78, 5) is 14.9. The van der Waals surface area contributed by atoms with Gasteiger partial charge >= 0.3 is 0 Å². The van der Waals surface area contributed by atoms with Crippen molar-refractivity contribution in [2.45, 2.75) is 38.9 Å². The predicted molar refractivity (Wildman–Crippen MR) is 208 cm³/mol. The van der Waals surface area contributed by atoms with E-state index >= 15 is 0 Å². The summed E-state index contributed by atoms with van der Waals surface area (Å²) in [7, 11) is -1.34. The van der Waals surface area contributed by atoms with Gasteiger partial charge in [0.05, 0.1) is 8.07 Å². The summed E-state index contributed by atoms with van der Waals surface area (Å²) in [5, 5.41) is 1.49. The monoisotopic (exact) mass is 649 g/mol. The number of benzene rings is 6. The van der Waals surface area contributed by atoms with Crippen LogP contribution in [0.4, 0.5) is 0 Å². The molecule has 0 N–H and O–H groups in total. The van der Waals surface area contributed by atoms with Crippen LogP contribution in [-0.4, -0.2) is 23.0 Å². The molecule has 1 aliphatic carbocycles. The van der Waals surface area contributed by atoms with Gasteiger partial charge < -0.3 is 0 Å². The fourth-order valence-electron chi connectivity index (χ4n) is 7.03. The van der Waals surface area contributed by atoms with E-state index in [-0.39, 0.29) is 5.41 Å². The Balaban J connectivity index is 1.16. The van der Waals surface area contributed by atoms with Crippen LogP contribution in [0.3, 0.4) is 0 Å². The molecule has 49 heavy (non-hydrogen) atoms. The van der Waals surface area contributed by atoms with Crippen molar-refractivity contribution < 1.29 is 0 Å². The molecule has 7 aromatic rings. The Hall–Kier alpha value is -5.45. The van der Waals surface area contributed by atoms with Gasteiger partial charge in [-0.05, 0) is 62.7 Å². The molecule has 1 aromatic heterocycles.